The van der Waals surface area contributed by atoms with Crippen molar-refractivity contribution in [1.82, 2.24) is 5.32 Å². The minimum atomic E-state index is -0.660. The summed E-state index contributed by atoms with van der Waals surface area (Å²) in [6, 6.07) is 0.444. The van der Waals surface area contributed by atoms with Gasteiger partial charge in [0.1, 0.15) is 0 Å². The maximum atomic E-state index is 11.8. The van der Waals surface area contributed by atoms with E-state index < -0.39 is 10.8 Å². The molecule has 0 aliphatic carbocycles. The third-order valence-electron chi connectivity index (χ3n) is 2.52. The van der Waals surface area contributed by atoms with Crippen LogP contribution in [0.15, 0.2) is 0 Å². The van der Waals surface area contributed by atoms with Gasteiger partial charge in [-0.2, -0.15) is 0 Å². The second kappa shape index (κ2) is 8.42. The maximum absolute atomic E-state index is 11.8. The molecule has 0 fully saturated rings. The molecular formula is C11H25NOS. The summed E-state index contributed by atoms with van der Waals surface area (Å²) in [4.78, 5) is 0. The summed E-state index contributed by atoms with van der Waals surface area (Å²) in [7, 11) is -0.660. The zero-order valence-electron chi connectivity index (χ0n) is 10.0. The molecule has 0 aliphatic heterocycles. The molecule has 0 saturated heterocycles. The van der Waals surface area contributed by atoms with Gasteiger partial charge in [0.15, 0.2) is 0 Å². The lowest BCUT2D eigenvalue weighted by Gasteiger charge is -2.18. The third-order valence-corrected chi connectivity index (χ3v) is 4.48. The van der Waals surface area contributed by atoms with E-state index in [2.05, 4.69) is 33.0 Å². The standard InChI is InChI=1S/C11H25NOS/c1-5-8-11(12-7-3)9-14(13)10(4)6-2/h10-12H,5-9H2,1-4H3. The number of hydrogen-bond acceptors (Lipinski definition) is 2. The minimum Gasteiger partial charge on any atom is -0.313 e. The molecule has 3 heteroatoms. The summed E-state index contributed by atoms with van der Waals surface area (Å²) in [5.74, 6) is 0.816. The molecule has 0 aliphatic rings. The van der Waals surface area contributed by atoms with Crippen molar-refractivity contribution in [2.75, 3.05) is 12.3 Å². The summed E-state index contributed by atoms with van der Waals surface area (Å²) in [5.41, 5.74) is 0. The van der Waals surface area contributed by atoms with Gasteiger partial charge < -0.3 is 5.32 Å². The van der Waals surface area contributed by atoms with Crippen molar-refractivity contribution in [2.45, 2.75) is 58.2 Å². The second-order valence-corrected chi connectivity index (χ2v) is 5.71. The molecular weight excluding hydrogens is 194 g/mol. The lowest BCUT2D eigenvalue weighted by Crippen LogP contribution is -2.35. The Morgan fingerprint density at radius 3 is 2.36 bits per heavy atom. The van der Waals surface area contributed by atoms with Crippen molar-refractivity contribution in [3.63, 3.8) is 0 Å². The molecule has 14 heavy (non-hydrogen) atoms. The van der Waals surface area contributed by atoms with Gasteiger partial charge in [-0.25, -0.2) is 0 Å². The summed E-state index contributed by atoms with van der Waals surface area (Å²) < 4.78 is 11.8. The largest absolute Gasteiger partial charge is 0.313 e. The van der Waals surface area contributed by atoms with Gasteiger partial charge in [0.2, 0.25) is 0 Å². The first-order chi connectivity index (χ1) is 6.65. The Kier molecular flexibility index (Phi) is 8.49. The molecule has 0 aromatic carbocycles. The van der Waals surface area contributed by atoms with Crippen LogP contribution in [0, 0.1) is 0 Å². The molecule has 3 atom stereocenters. The molecule has 0 aromatic heterocycles. The molecule has 0 rings (SSSR count). The van der Waals surface area contributed by atoms with Gasteiger partial charge in [-0.1, -0.05) is 34.1 Å². The fraction of sp³-hybridized carbons (Fsp3) is 1.00. The topological polar surface area (TPSA) is 29.1 Å². The average Bonchev–Trinajstić information content (AvgIpc) is 2.17. The lowest BCUT2D eigenvalue weighted by atomic mass is 10.2. The number of hydrogen-bond donors (Lipinski definition) is 1. The molecule has 3 unspecified atom stereocenters. The summed E-state index contributed by atoms with van der Waals surface area (Å²) in [5, 5.41) is 3.74. The van der Waals surface area contributed by atoms with E-state index in [1.54, 1.807) is 0 Å². The van der Waals surface area contributed by atoms with Gasteiger partial charge in [0.05, 0.1) is 0 Å². The fourth-order valence-corrected chi connectivity index (χ4v) is 2.81. The van der Waals surface area contributed by atoms with Crippen LogP contribution in [0.1, 0.15) is 47.0 Å². The molecule has 0 heterocycles. The Morgan fingerprint density at radius 2 is 1.93 bits per heavy atom. The highest BCUT2D eigenvalue weighted by atomic mass is 32.2. The Labute approximate surface area is 91.3 Å². The van der Waals surface area contributed by atoms with Crippen LogP contribution in [0.3, 0.4) is 0 Å². The zero-order chi connectivity index (χ0) is 11.0. The predicted molar refractivity (Wildman–Crippen MR) is 65.1 cm³/mol. The monoisotopic (exact) mass is 219 g/mol. The minimum absolute atomic E-state index is 0.341. The van der Waals surface area contributed by atoms with Crippen LogP contribution in [0.2, 0.25) is 0 Å². The molecule has 2 nitrogen and oxygen atoms in total. The highest BCUT2D eigenvalue weighted by molar-refractivity contribution is 7.85. The number of rotatable bonds is 8. The molecule has 86 valence electrons. The van der Waals surface area contributed by atoms with Crippen molar-refractivity contribution in [3.05, 3.63) is 0 Å². The van der Waals surface area contributed by atoms with E-state index >= 15 is 0 Å². The smallest absolute Gasteiger partial charge is 0.0391 e. The van der Waals surface area contributed by atoms with E-state index in [1.807, 2.05) is 0 Å². The first-order valence-electron chi connectivity index (χ1n) is 5.76. The quantitative estimate of drug-likeness (QED) is 0.679. The van der Waals surface area contributed by atoms with Gasteiger partial charge in [-0.3, -0.25) is 4.21 Å². The van der Waals surface area contributed by atoms with Crippen molar-refractivity contribution in [3.8, 4) is 0 Å². The van der Waals surface area contributed by atoms with Crippen LogP contribution in [-0.4, -0.2) is 27.8 Å². The van der Waals surface area contributed by atoms with E-state index in [-0.39, 0.29) is 0 Å². The first kappa shape index (κ1) is 14.1. The van der Waals surface area contributed by atoms with Gasteiger partial charge in [-0.15, -0.1) is 0 Å². The van der Waals surface area contributed by atoms with Crippen molar-refractivity contribution in [1.29, 1.82) is 0 Å². The van der Waals surface area contributed by atoms with Crippen molar-refractivity contribution in [2.24, 2.45) is 0 Å². The number of nitrogens with one attached hydrogen (secondary N) is 1. The first-order valence-corrected chi connectivity index (χ1v) is 7.14. The van der Waals surface area contributed by atoms with Crippen LogP contribution >= 0.6 is 0 Å². The molecule has 0 saturated carbocycles. The molecule has 0 amide bonds. The summed E-state index contributed by atoms with van der Waals surface area (Å²) in [6.45, 7) is 9.43. The highest BCUT2D eigenvalue weighted by Gasteiger charge is 2.14. The fourth-order valence-electron chi connectivity index (χ4n) is 1.43. The van der Waals surface area contributed by atoms with Crippen LogP contribution in [0.5, 0.6) is 0 Å². The van der Waals surface area contributed by atoms with Crippen LogP contribution in [0.25, 0.3) is 0 Å². The SMILES string of the molecule is CCCC(CS(=O)C(C)CC)NCC. The van der Waals surface area contributed by atoms with E-state index in [0.29, 0.717) is 11.3 Å². The Balaban J connectivity index is 3.94. The second-order valence-electron chi connectivity index (χ2n) is 3.81. The normalized spacial score (nSPS) is 17.7. The predicted octanol–water partition coefficient (Wildman–Crippen LogP) is 2.31. The highest BCUT2D eigenvalue weighted by Crippen LogP contribution is 2.06. The van der Waals surface area contributed by atoms with Crippen LogP contribution < -0.4 is 5.32 Å². The lowest BCUT2D eigenvalue weighted by molar-refractivity contribution is 0.524. The summed E-state index contributed by atoms with van der Waals surface area (Å²) >= 11 is 0. The average molecular weight is 219 g/mol. The van der Waals surface area contributed by atoms with E-state index in [4.69, 9.17) is 0 Å². The molecule has 0 aromatic rings. The van der Waals surface area contributed by atoms with E-state index in [9.17, 15) is 4.21 Å². The summed E-state index contributed by atoms with van der Waals surface area (Å²) in [6.07, 6.45) is 3.31. The van der Waals surface area contributed by atoms with Crippen LogP contribution in [-0.2, 0) is 10.8 Å². The van der Waals surface area contributed by atoms with Gasteiger partial charge in [0, 0.05) is 27.8 Å². The third kappa shape index (κ3) is 5.76. The van der Waals surface area contributed by atoms with Crippen molar-refractivity contribution >= 4 is 10.8 Å². The van der Waals surface area contributed by atoms with Crippen LogP contribution in [0.4, 0.5) is 0 Å². The molecule has 0 radical (unpaired) electrons. The molecule has 0 spiro atoms. The molecule has 1 N–H and O–H groups in total. The Hall–Kier alpha value is 0.110. The van der Waals surface area contributed by atoms with E-state index in [0.717, 1.165) is 31.6 Å². The Bertz CT molecular complexity index is 155. The van der Waals surface area contributed by atoms with Gasteiger partial charge in [0.25, 0.3) is 0 Å². The van der Waals surface area contributed by atoms with Crippen molar-refractivity contribution < 1.29 is 4.21 Å². The van der Waals surface area contributed by atoms with Gasteiger partial charge in [-0.05, 0) is 19.4 Å². The maximum Gasteiger partial charge on any atom is 0.0391 e. The zero-order valence-corrected chi connectivity index (χ0v) is 10.8. The van der Waals surface area contributed by atoms with E-state index in [1.165, 1.54) is 0 Å². The Morgan fingerprint density at radius 1 is 1.29 bits per heavy atom. The van der Waals surface area contributed by atoms with Gasteiger partial charge >= 0.3 is 0 Å². The molecule has 0 bridgehead atoms.